The number of rotatable bonds is 0. The quantitative estimate of drug-likeness (QED) is 0.760. The monoisotopic (exact) mass is 285 g/mol. The topological polar surface area (TPSA) is 58.6 Å². The molecule has 1 saturated carbocycles. The second-order valence-electron chi connectivity index (χ2n) is 7.06. The Morgan fingerprint density at radius 3 is 3.19 bits per heavy atom. The van der Waals surface area contributed by atoms with Crippen LogP contribution in [0.3, 0.4) is 0 Å². The first kappa shape index (κ1) is 12.0. The Kier molecular flexibility index (Phi) is 2.07. The van der Waals surface area contributed by atoms with E-state index in [9.17, 15) is 9.90 Å². The maximum Gasteiger partial charge on any atom is 0.174 e. The van der Waals surface area contributed by atoms with Crippen LogP contribution >= 0.6 is 0 Å². The molecule has 0 aromatic heterocycles. The van der Waals surface area contributed by atoms with E-state index in [4.69, 9.17) is 4.74 Å². The van der Waals surface area contributed by atoms with E-state index in [0.29, 0.717) is 24.1 Å². The van der Waals surface area contributed by atoms with Gasteiger partial charge in [0.25, 0.3) is 0 Å². The minimum Gasteiger partial charge on any atom is -0.504 e. The second-order valence-corrected chi connectivity index (χ2v) is 7.06. The summed E-state index contributed by atoms with van der Waals surface area (Å²) in [6, 6.07) is 2.24. The van der Waals surface area contributed by atoms with E-state index in [1.54, 1.807) is 6.07 Å². The second kappa shape index (κ2) is 3.61. The minimum atomic E-state index is -0.373. The lowest BCUT2D eigenvalue weighted by Gasteiger charge is -2.54. The van der Waals surface area contributed by atoms with Gasteiger partial charge in [-0.25, -0.2) is 0 Å². The van der Waals surface area contributed by atoms with Gasteiger partial charge in [-0.05, 0) is 55.8 Å². The lowest BCUT2D eigenvalue weighted by Crippen LogP contribution is -2.65. The van der Waals surface area contributed by atoms with Gasteiger partial charge in [0.15, 0.2) is 23.4 Å². The number of carbonyl (C=O) groups is 1. The number of aryl methyl sites for hydroxylation is 1. The van der Waals surface area contributed by atoms with Gasteiger partial charge in [-0.15, -0.1) is 0 Å². The zero-order chi connectivity index (χ0) is 14.4. The maximum absolute atomic E-state index is 12.5. The Hall–Kier alpha value is -1.55. The van der Waals surface area contributed by atoms with Gasteiger partial charge in [-0.3, -0.25) is 4.79 Å². The summed E-state index contributed by atoms with van der Waals surface area (Å²) in [5, 5.41) is 14.0. The van der Waals surface area contributed by atoms with Gasteiger partial charge < -0.3 is 15.2 Å². The normalized spacial score (nSPS) is 38.9. The zero-order valence-corrected chi connectivity index (χ0v) is 12.1. The van der Waals surface area contributed by atoms with Crippen LogP contribution in [0.2, 0.25) is 0 Å². The van der Waals surface area contributed by atoms with Crippen LogP contribution in [0.1, 0.15) is 36.0 Å². The van der Waals surface area contributed by atoms with E-state index in [0.717, 1.165) is 31.4 Å². The molecule has 21 heavy (non-hydrogen) atoms. The number of hydrogen-bond acceptors (Lipinski definition) is 4. The van der Waals surface area contributed by atoms with Gasteiger partial charge >= 0.3 is 0 Å². The number of ketones is 1. The Morgan fingerprint density at radius 1 is 1.48 bits per heavy atom. The van der Waals surface area contributed by atoms with Crippen molar-refractivity contribution in [1.29, 1.82) is 0 Å². The van der Waals surface area contributed by atoms with Crippen LogP contribution in [0, 0.1) is 12.8 Å². The largest absolute Gasteiger partial charge is 0.504 e. The summed E-state index contributed by atoms with van der Waals surface area (Å²) in [4.78, 5) is 12.5. The summed E-state index contributed by atoms with van der Waals surface area (Å²) in [5.41, 5.74) is 3.41. The molecule has 110 valence electrons. The number of hydrogen-bond donors (Lipinski definition) is 2. The average Bonchev–Trinajstić information content (AvgIpc) is 2.78. The molecular weight excluding hydrogens is 266 g/mol. The van der Waals surface area contributed by atoms with E-state index in [1.807, 2.05) is 0 Å². The predicted molar refractivity (Wildman–Crippen MR) is 76.8 cm³/mol. The van der Waals surface area contributed by atoms with E-state index in [-0.39, 0.29) is 23.1 Å². The zero-order valence-electron chi connectivity index (χ0n) is 12.1. The molecule has 4 atom stereocenters. The Balaban J connectivity index is 1.87. The van der Waals surface area contributed by atoms with Crippen LogP contribution in [0.4, 0.5) is 0 Å². The summed E-state index contributed by atoms with van der Waals surface area (Å²) < 4.78 is 6.05. The third-order valence-corrected chi connectivity index (χ3v) is 6.27. The highest BCUT2D eigenvalue weighted by Crippen LogP contribution is 2.62. The standard InChI is InChI=1S/C17H19NO3/c1-8-6-13(20)15-14-9(8)7-11-10-2-3-12(19)16(21-15)17(10,14)4-5-18-11/h6,10-11,16,18,20H,2-5,7H2,1H3/t10-,11+,16-,17-/m0/s1. The molecule has 0 radical (unpaired) electrons. The number of ether oxygens (including phenoxy) is 1. The third kappa shape index (κ3) is 1.20. The van der Waals surface area contributed by atoms with Crippen LogP contribution in [0.15, 0.2) is 6.07 Å². The molecule has 2 fully saturated rings. The number of piperidine rings is 1. The Morgan fingerprint density at radius 2 is 2.33 bits per heavy atom. The minimum absolute atomic E-state index is 0.183. The van der Waals surface area contributed by atoms with Gasteiger partial charge in [0.05, 0.1) is 0 Å². The van der Waals surface area contributed by atoms with E-state index >= 15 is 0 Å². The number of phenolic OH excluding ortho intramolecular Hbond substituents is 1. The molecule has 2 N–H and O–H groups in total. The highest BCUT2D eigenvalue weighted by molar-refractivity contribution is 5.89. The number of aromatic hydroxyl groups is 1. The van der Waals surface area contributed by atoms with Gasteiger partial charge in [0.2, 0.25) is 0 Å². The molecule has 5 rings (SSSR count). The predicted octanol–water partition coefficient (Wildman–Crippen LogP) is 1.60. The third-order valence-electron chi connectivity index (χ3n) is 6.27. The van der Waals surface area contributed by atoms with Crippen molar-refractivity contribution in [1.82, 2.24) is 5.32 Å². The molecule has 4 nitrogen and oxygen atoms in total. The fourth-order valence-corrected chi connectivity index (χ4v) is 5.51. The number of Topliss-reactive ketones (excluding diaryl/α,β-unsaturated/α-hetero) is 1. The van der Waals surface area contributed by atoms with Crippen molar-refractivity contribution in [2.24, 2.45) is 5.92 Å². The van der Waals surface area contributed by atoms with Gasteiger partial charge in [-0.1, -0.05) is 0 Å². The molecule has 1 saturated heterocycles. The Bertz CT molecular complexity index is 683. The van der Waals surface area contributed by atoms with Crippen molar-refractivity contribution in [3.05, 3.63) is 22.8 Å². The highest BCUT2D eigenvalue weighted by atomic mass is 16.5. The van der Waals surface area contributed by atoms with Gasteiger partial charge in [0, 0.05) is 23.4 Å². The molecule has 2 aliphatic heterocycles. The molecule has 4 heteroatoms. The average molecular weight is 285 g/mol. The number of phenols is 1. The van der Waals surface area contributed by atoms with Crippen LogP contribution in [-0.2, 0) is 16.6 Å². The molecule has 0 unspecified atom stereocenters. The summed E-state index contributed by atoms with van der Waals surface area (Å²) in [6.45, 7) is 2.99. The lowest BCUT2D eigenvalue weighted by atomic mass is 9.52. The van der Waals surface area contributed by atoms with Gasteiger partial charge in [0.1, 0.15) is 0 Å². The molecular formula is C17H19NO3. The van der Waals surface area contributed by atoms with Crippen LogP contribution in [0.25, 0.3) is 0 Å². The fraction of sp³-hybridized carbons (Fsp3) is 0.588. The van der Waals surface area contributed by atoms with Crippen LogP contribution in [-0.4, -0.2) is 29.6 Å². The number of carbonyl (C=O) groups excluding carboxylic acids is 1. The summed E-state index contributed by atoms with van der Waals surface area (Å²) in [5.74, 6) is 1.48. The molecule has 1 aromatic carbocycles. The molecule has 1 spiro atoms. The lowest BCUT2D eigenvalue weighted by molar-refractivity contribution is -0.135. The van der Waals surface area contributed by atoms with Crippen molar-refractivity contribution in [2.75, 3.05) is 6.54 Å². The number of nitrogens with one attached hydrogen (secondary N) is 1. The van der Waals surface area contributed by atoms with Crippen LogP contribution in [0.5, 0.6) is 11.5 Å². The molecule has 4 aliphatic rings. The molecule has 2 bridgehead atoms. The smallest absolute Gasteiger partial charge is 0.174 e. The Labute approximate surface area is 123 Å². The first-order valence-electron chi connectivity index (χ1n) is 7.91. The molecule has 1 aromatic rings. The summed E-state index contributed by atoms with van der Waals surface area (Å²) >= 11 is 0. The van der Waals surface area contributed by atoms with Crippen molar-refractivity contribution < 1.29 is 14.6 Å². The van der Waals surface area contributed by atoms with Crippen molar-refractivity contribution in [3.8, 4) is 11.5 Å². The molecule has 2 aliphatic carbocycles. The fourth-order valence-electron chi connectivity index (χ4n) is 5.51. The van der Waals surface area contributed by atoms with Gasteiger partial charge in [-0.2, -0.15) is 0 Å². The van der Waals surface area contributed by atoms with Crippen molar-refractivity contribution in [2.45, 2.75) is 50.2 Å². The van der Waals surface area contributed by atoms with Crippen molar-refractivity contribution >= 4 is 5.78 Å². The molecule has 2 heterocycles. The van der Waals surface area contributed by atoms with E-state index in [1.165, 1.54) is 11.1 Å². The molecule has 0 amide bonds. The summed E-state index contributed by atoms with van der Waals surface area (Å²) in [6.07, 6.45) is 3.11. The van der Waals surface area contributed by atoms with E-state index in [2.05, 4.69) is 12.2 Å². The number of benzene rings is 1. The maximum atomic E-state index is 12.5. The van der Waals surface area contributed by atoms with Crippen molar-refractivity contribution in [3.63, 3.8) is 0 Å². The first-order valence-corrected chi connectivity index (χ1v) is 7.91. The SMILES string of the molecule is Cc1cc(O)c2c3c1C[C@H]1NCC[C@@]34[C@@H](O2)C(=O)CC[C@@H]14. The summed E-state index contributed by atoms with van der Waals surface area (Å²) in [7, 11) is 0. The van der Waals surface area contributed by atoms with Crippen LogP contribution < -0.4 is 10.1 Å². The highest BCUT2D eigenvalue weighted by Gasteiger charge is 2.64. The first-order chi connectivity index (χ1) is 10.1. The van der Waals surface area contributed by atoms with E-state index < -0.39 is 0 Å².